The van der Waals surface area contributed by atoms with Crippen molar-refractivity contribution in [2.45, 2.75) is 52.5 Å². The molecule has 4 heteroatoms. The summed E-state index contributed by atoms with van der Waals surface area (Å²) in [5, 5.41) is 0. The minimum atomic E-state index is 0.125. The lowest BCUT2D eigenvalue weighted by molar-refractivity contribution is 0.309. The summed E-state index contributed by atoms with van der Waals surface area (Å²) >= 11 is 0. The number of hydrogen-bond acceptors (Lipinski definition) is 2. The van der Waals surface area contributed by atoms with Crippen molar-refractivity contribution in [1.29, 1.82) is 0 Å². The van der Waals surface area contributed by atoms with Gasteiger partial charge in [0.05, 0.1) is 18.8 Å². The molecule has 0 amide bonds. The second kappa shape index (κ2) is 10.9. The zero-order valence-electron chi connectivity index (χ0n) is 19.7. The Bertz CT molecular complexity index is 988. The van der Waals surface area contributed by atoms with Gasteiger partial charge in [-0.05, 0) is 59.4 Å². The highest BCUT2D eigenvalue weighted by Gasteiger charge is 2.15. The Kier molecular flexibility index (Phi) is 7.93. The molecule has 0 heterocycles. The highest BCUT2D eigenvalue weighted by atomic mass is 16.5. The van der Waals surface area contributed by atoms with E-state index in [0.29, 0.717) is 12.5 Å². The molecule has 0 radical (unpaired) electrons. The average Bonchev–Trinajstić information content (AvgIpc) is 2.78. The maximum atomic E-state index is 6.51. The first kappa shape index (κ1) is 23.4. The molecule has 2 N–H and O–H groups in total. The molecule has 0 fully saturated rings. The molecule has 3 aromatic carbocycles. The predicted octanol–water partition coefficient (Wildman–Crippen LogP) is 6.82. The van der Waals surface area contributed by atoms with E-state index in [4.69, 9.17) is 10.5 Å². The lowest BCUT2D eigenvalue weighted by atomic mass is 9.87. The largest absolute Gasteiger partial charge is 0.494 e. The van der Waals surface area contributed by atoms with Gasteiger partial charge in [-0.1, -0.05) is 76.6 Å². The van der Waals surface area contributed by atoms with Crippen molar-refractivity contribution >= 4 is 17.3 Å². The third-order valence-electron chi connectivity index (χ3n) is 5.35. The summed E-state index contributed by atoms with van der Waals surface area (Å²) in [7, 11) is 0. The van der Waals surface area contributed by atoms with Crippen LogP contribution in [0.1, 0.15) is 51.7 Å². The molecule has 0 unspecified atom stereocenters. The van der Waals surface area contributed by atoms with Crippen molar-refractivity contribution in [2.24, 2.45) is 10.7 Å². The van der Waals surface area contributed by atoms with E-state index in [-0.39, 0.29) is 5.41 Å². The maximum absolute atomic E-state index is 6.51. The van der Waals surface area contributed by atoms with Crippen LogP contribution in [0.25, 0.3) is 0 Å². The number of nitrogens with two attached hydrogens (primary N) is 1. The summed E-state index contributed by atoms with van der Waals surface area (Å²) in [6, 6.07) is 26.6. The first-order chi connectivity index (χ1) is 15.4. The Morgan fingerprint density at radius 3 is 2.16 bits per heavy atom. The fourth-order valence-corrected chi connectivity index (χ4v) is 3.35. The van der Waals surface area contributed by atoms with E-state index in [2.05, 4.69) is 57.0 Å². The van der Waals surface area contributed by atoms with Crippen molar-refractivity contribution < 1.29 is 4.74 Å². The zero-order valence-corrected chi connectivity index (χ0v) is 19.7. The molecule has 168 valence electrons. The number of hydrogen-bond donors (Lipinski definition) is 1. The number of anilines is 1. The molecular formula is C28H35N3O. The van der Waals surface area contributed by atoms with Gasteiger partial charge in [0.25, 0.3) is 0 Å². The van der Waals surface area contributed by atoms with Crippen LogP contribution in [-0.4, -0.2) is 12.6 Å². The van der Waals surface area contributed by atoms with Crippen molar-refractivity contribution in [2.75, 3.05) is 11.5 Å². The van der Waals surface area contributed by atoms with Crippen molar-refractivity contribution in [3.63, 3.8) is 0 Å². The van der Waals surface area contributed by atoms with Gasteiger partial charge < -0.3 is 15.4 Å². The molecule has 0 saturated carbocycles. The topological polar surface area (TPSA) is 50.9 Å². The Hall–Kier alpha value is -3.27. The summed E-state index contributed by atoms with van der Waals surface area (Å²) in [6.07, 6.45) is 2.17. The molecule has 0 atom stereocenters. The van der Waals surface area contributed by atoms with Gasteiger partial charge in [0, 0.05) is 5.69 Å². The van der Waals surface area contributed by atoms with Crippen LogP contribution in [0.4, 0.5) is 11.4 Å². The maximum Gasteiger partial charge on any atom is 0.201 e. The van der Waals surface area contributed by atoms with Crippen LogP contribution in [0, 0.1) is 0 Å². The number of unbranched alkanes of at least 4 members (excludes halogenated alkanes) is 1. The molecule has 0 saturated heterocycles. The molecule has 3 aromatic rings. The number of guanidine groups is 1. The number of benzene rings is 3. The lowest BCUT2D eigenvalue weighted by Crippen LogP contribution is -2.36. The second-order valence-corrected chi connectivity index (χ2v) is 9.03. The van der Waals surface area contributed by atoms with Gasteiger partial charge >= 0.3 is 0 Å². The number of rotatable bonds is 8. The molecular weight excluding hydrogens is 394 g/mol. The Balaban J connectivity index is 1.86. The van der Waals surface area contributed by atoms with Gasteiger partial charge in [0.2, 0.25) is 5.96 Å². The lowest BCUT2D eigenvalue weighted by Gasteiger charge is -2.25. The molecule has 0 spiro atoms. The number of aliphatic imine (C=N–C) groups is 1. The predicted molar refractivity (Wildman–Crippen MR) is 136 cm³/mol. The van der Waals surface area contributed by atoms with E-state index in [1.165, 1.54) is 11.1 Å². The van der Waals surface area contributed by atoms with E-state index in [1.54, 1.807) is 0 Å². The molecule has 3 rings (SSSR count). The highest BCUT2D eigenvalue weighted by molar-refractivity contribution is 5.96. The van der Waals surface area contributed by atoms with Gasteiger partial charge in [0.15, 0.2) is 0 Å². The quantitative estimate of drug-likeness (QED) is 0.243. The molecule has 32 heavy (non-hydrogen) atoms. The molecule has 0 aromatic heterocycles. The van der Waals surface area contributed by atoms with Crippen molar-refractivity contribution in [1.82, 2.24) is 0 Å². The van der Waals surface area contributed by atoms with Gasteiger partial charge in [-0.25, -0.2) is 4.99 Å². The number of para-hydroxylation sites is 1. The minimum Gasteiger partial charge on any atom is -0.494 e. The van der Waals surface area contributed by atoms with E-state index in [1.807, 2.05) is 59.5 Å². The normalized spacial score (nSPS) is 11.9. The molecule has 0 aliphatic heterocycles. The fourth-order valence-electron chi connectivity index (χ4n) is 3.35. The van der Waals surface area contributed by atoms with Crippen LogP contribution in [0.15, 0.2) is 83.9 Å². The third-order valence-corrected chi connectivity index (χ3v) is 5.35. The first-order valence-electron chi connectivity index (χ1n) is 11.4. The fraction of sp³-hybridized carbons (Fsp3) is 0.321. The Morgan fingerprint density at radius 1 is 0.906 bits per heavy atom. The Labute approximate surface area is 192 Å². The van der Waals surface area contributed by atoms with Gasteiger partial charge in [0.1, 0.15) is 5.75 Å². The minimum absolute atomic E-state index is 0.125. The van der Waals surface area contributed by atoms with Crippen LogP contribution in [-0.2, 0) is 12.0 Å². The number of nitrogens with zero attached hydrogens (tertiary/aromatic N) is 2. The summed E-state index contributed by atoms with van der Waals surface area (Å²) in [4.78, 5) is 6.70. The van der Waals surface area contributed by atoms with E-state index >= 15 is 0 Å². The van der Waals surface area contributed by atoms with Crippen LogP contribution in [0.5, 0.6) is 5.75 Å². The van der Waals surface area contributed by atoms with Crippen LogP contribution >= 0.6 is 0 Å². The van der Waals surface area contributed by atoms with Crippen molar-refractivity contribution in [3.8, 4) is 5.75 Å². The molecule has 0 aliphatic carbocycles. The SMILES string of the molecule is CCCCOc1ccc(N(Cc2ccc(C(C)(C)C)cc2)C(N)=Nc2ccccc2)cc1. The van der Waals surface area contributed by atoms with E-state index in [0.717, 1.165) is 36.6 Å². The monoisotopic (exact) mass is 429 g/mol. The smallest absolute Gasteiger partial charge is 0.201 e. The van der Waals surface area contributed by atoms with Gasteiger partial charge in [-0.3, -0.25) is 0 Å². The van der Waals surface area contributed by atoms with Crippen LogP contribution in [0.3, 0.4) is 0 Å². The summed E-state index contributed by atoms with van der Waals surface area (Å²) < 4.78 is 5.82. The van der Waals surface area contributed by atoms with E-state index in [9.17, 15) is 0 Å². The molecule has 0 aliphatic rings. The summed E-state index contributed by atoms with van der Waals surface area (Å²) in [5.41, 5.74) is 10.9. The van der Waals surface area contributed by atoms with Gasteiger partial charge in [-0.2, -0.15) is 0 Å². The third kappa shape index (κ3) is 6.61. The number of ether oxygens (including phenoxy) is 1. The molecule has 4 nitrogen and oxygen atoms in total. The zero-order chi connectivity index (χ0) is 23.0. The van der Waals surface area contributed by atoms with Gasteiger partial charge in [-0.15, -0.1) is 0 Å². The van der Waals surface area contributed by atoms with Crippen LogP contribution < -0.4 is 15.4 Å². The van der Waals surface area contributed by atoms with Crippen molar-refractivity contribution in [3.05, 3.63) is 90.0 Å². The van der Waals surface area contributed by atoms with Crippen LogP contribution in [0.2, 0.25) is 0 Å². The summed E-state index contributed by atoms with van der Waals surface area (Å²) in [5.74, 6) is 1.32. The molecule has 0 bridgehead atoms. The second-order valence-electron chi connectivity index (χ2n) is 9.03. The highest BCUT2D eigenvalue weighted by Crippen LogP contribution is 2.25. The Morgan fingerprint density at radius 2 is 1.56 bits per heavy atom. The average molecular weight is 430 g/mol. The first-order valence-corrected chi connectivity index (χ1v) is 11.4. The van der Waals surface area contributed by atoms with E-state index < -0.39 is 0 Å². The summed E-state index contributed by atoms with van der Waals surface area (Å²) in [6.45, 7) is 10.2. The standard InChI is InChI=1S/C28H35N3O/c1-5-6-20-32-26-18-16-25(17-19-26)31(27(29)30-24-10-8-7-9-11-24)21-22-12-14-23(15-13-22)28(2,3)4/h7-19H,5-6,20-21H2,1-4H3,(H2,29,30).